The van der Waals surface area contributed by atoms with E-state index in [9.17, 15) is 9.59 Å². The lowest BCUT2D eigenvalue weighted by molar-refractivity contribution is -0.136. The number of carboxylic acid groups (broad SMARTS) is 1. The molecule has 1 aliphatic rings. The van der Waals surface area contributed by atoms with Crippen molar-refractivity contribution < 1.29 is 14.7 Å². The van der Waals surface area contributed by atoms with Gasteiger partial charge in [-0.15, -0.1) is 0 Å². The number of aromatic nitrogens is 1. The number of hydrogen-bond donors (Lipinski definition) is 1. The Morgan fingerprint density at radius 3 is 2.43 bits per heavy atom. The maximum atomic E-state index is 12.9. The number of amides is 2. The number of carbonyl (C=O) groups is 2. The maximum absolute atomic E-state index is 12.9. The van der Waals surface area contributed by atoms with Gasteiger partial charge in [0.05, 0.1) is 0 Å². The Morgan fingerprint density at radius 1 is 1.04 bits per heavy atom. The van der Waals surface area contributed by atoms with E-state index >= 15 is 0 Å². The van der Waals surface area contributed by atoms with Crippen molar-refractivity contribution in [2.75, 3.05) is 22.9 Å². The minimum absolute atomic E-state index is 0.0854. The second-order valence-corrected chi connectivity index (χ2v) is 7.01. The van der Waals surface area contributed by atoms with Gasteiger partial charge in [-0.2, -0.15) is 0 Å². The summed E-state index contributed by atoms with van der Waals surface area (Å²) in [5.74, 6) is -0.818. The number of anilines is 2. The lowest BCUT2D eigenvalue weighted by Gasteiger charge is -2.19. The summed E-state index contributed by atoms with van der Waals surface area (Å²) >= 11 is 6.12. The Bertz CT molecular complexity index is 1050. The van der Waals surface area contributed by atoms with Crippen LogP contribution < -0.4 is 9.80 Å². The molecule has 2 aromatic carbocycles. The van der Waals surface area contributed by atoms with E-state index in [-0.39, 0.29) is 12.5 Å². The van der Waals surface area contributed by atoms with Gasteiger partial charge in [0.15, 0.2) is 0 Å². The van der Waals surface area contributed by atoms with E-state index in [0.29, 0.717) is 24.7 Å². The molecule has 0 aliphatic carbocycles. The van der Waals surface area contributed by atoms with Gasteiger partial charge in [0.1, 0.15) is 5.15 Å². The zero-order valence-corrected chi connectivity index (χ0v) is 15.8. The van der Waals surface area contributed by atoms with E-state index in [1.807, 2.05) is 48.5 Å². The molecule has 2 heterocycles. The van der Waals surface area contributed by atoms with Gasteiger partial charge < -0.3 is 5.11 Å². The average Bonchev–Trinajstić information content (AvgIpc) is 3.08. The highest BCUT2D eigenvalue weighted by Crippen LogP contribution is 2.29. The van der Waals surface area contributed by atoms with Crippen LogP contribution in [0.25, 0.3) is 10.8 Å². The van der Waals surface area contributed by atoms with Gasteiger partial charge in [-0.3, -0.25) is 14.6 Å². The molecule has 0 bridgehead atoms. The third-order valence-electron chi connectivity index (χ3n) is 4.90. The third kappa shape index (κ3) is 3.51. The number of aliphatic carboxylic acids is 1. The van der Waals surface area contributed by atoms with Crippen molar-refractivity contribution >= 4 is 45.7 Å². The lowest BCUT2D eigenvalue weighted by atomic mass is 10.1. The molecular weight excluding hydrogens is 378 g/mol. The topological polar surface area (TPSA) is 73.7 Å². The van der Waals surface area contributed by atoms with Gasteiger partial charge in [0.25, 0.3) is 0 Å². The van der Waals surface area contributed by atoms with Gasteiger partial charge in [-0.05, 0) is 53.8 Å². The summed E-state index contributed by atoms with van der Waals surface area (Å²) in [6.45, 7) is 1.17. The summed E-state index contributed by atoms with van der Waals surface area (Å²) in [4.78, 5) is 31.2. The lowest BCUT2D eigenvalue weighted by Crippen LogP contribution is -2.31. The Morgan fingerprint density at radius 2 is 1.71 bits per heavy atom. The van der Waals surface area contributed by atoms with Crippen LogP contribution >= 0.6 is 11.6 Å². The van der Waals surface area contributed by atoms with Crippen LogP contribution in [0.4, 0.5) is 16.2 Å². The van der Waals surface area contributed by atoms with Crippen LogP contribution in [0.2, 0.25) is 5.15 Å². The van der Waals surface area contributed by atoms with E-state index < -0.39 is 5.97 Å². The summed E-state index contributed by atoms with van der Waals surface area (Å²) in [5, 5.41) is 11.0. The van der Waals surface area contributed by atoms with E-state index in [2.05, 4.69) is 4.98 Å². The van der Waals surface area contributed by atoms with Gasteiger partial charge >= 0.3 is 12.0 Å². The smallest absolute Gasteiger partial charge is 0.329 e. The number of benzene rings is 2. The van der Waals surface area contributed by atoms with E-state index in [0.717, 1.165) is 27.7 Å². The number of halogens is 1. The molecule has 0 atom stereocenters. The van der Waals surface area contributed by atoms with Crippen molar-refractivity contribution in [3.8, 4) is 0 Å². The van der Waals surface area contributed by atoms with Crippen molar-refractivity contribution in [3.63, 3.8) is 0 Å². The minimum Gasteiger partial charge on any atom is -0.481 e. The maximum Gasteiger partial charge on any atom is 0.329 e. The minimum atomic E-state index is -0.818. The van der Waals surface area contributed by atoms with Crippen molar-refractivity contribution in [3.05, 3.63) is 65.4 Å². The Hall–Kier alpha value is -3.12. The molecule has 1 aromatic heterocycles. The van der Waals surface area contributed by atoms with E-state index in [1.54, 1.807) is 16.0 Å². The molecule has 7 heteroatoms. The second kappa shape index (κ2) is 7.48. The number of aryl methyl sites for hydroxylation is 1. The Kier molecular flexibility index (Phi) is 4.88. The molecule has 0 spiro atoms. The Labute approximate surface area is 167 Å². The summed E-state index contributed by atoms with van der Waals surface area (Å²) in [6, 6.07) is 15.0. The molecule has 0 radical (unpaired) electrons. The molecule has 6 nitrogen and oxygen atoms in total. The third-order valence-corrected chi connectivity index (χ3v) is 5.20. The van der Waals surface area contributed by atoms with E-state index in [4.69, 9.17) is 16.7 Å². The van der Waals surface area contributed by atoms with Crippen LogP contribution in [0.3, 0.4) is 0 Å². The van der Waals surface area contributed by atoms with Crippen LogP contribution in [-0.4, -0.2) is 35.2 Å². The normalized spacial score (nSPS) is 14.1. The fourth-order valence-electron chi connectivity index (χ4n) is 3.41. The van der Waals surface area contributed by atoms with Gasteiger partial charge in [-0.25, -0.2) is 9.78 Å². The number of pyridine rings is 1. The molecule has 0 unspecified atom stereocenters. The number of carboxylic acids is 1. The van der Waals surface area contributed by atoms with Crippen molar-refractivity contribution in [1.29, 1.82) is 0 Å². The predicted octanol–water partition coefficient (Wildman–Crippen LogP) is 4.35. The number of carbonyl (C=O) groups excluding carboxylic acids is 1. The van der Waals surface area contributed by atoms with E-state index in [1.165, 1.54) is 0 Å². The van der Waals surface area contributed by atoms with Crippen LogP contribution in [-0.2, 0) is 11.2 Å². The SMILES string of the molecule is O=C(O)CCc1ccc(N2CCN(c3ccc4c(Cl)nccc4c3)C2=O)cc1. The standard InChI is InChI=1S/C21H18ClN3O3/c22-20-18-7-6-17(13-15(18)9-10-23-20)25-12-11-24(21(25)28)16-4-1-14(2-5-16)3-8-19(26)27/h1-2,4-7,9-10,13H,3,8,11-12H2,(H,26,27). The molecule has 1 aliphatic heterocycles. The molecule has 1 N–H and O–H groups in total. The van der Waals surface area contributed by atoms with Crippen LogP contribution in [0, 0.1) is 0 Å². The first-order chi connectivity index (χ1) is 13.5. The summed E-state index contributed by atoms with van der Waals surface area (Å²) in [7, 11) is 0. The molecule has 0 saturated carbocycles. The predicted molar refractivity (Wildman–Crippen MR) is 109 cm³/mol. The number of fused-ring (bicyclic) bond motifs is 1. The number of urea groups is 1. The van der Waals surface area contributed by atoms with Crippen molar-refractivity contribution in [2.45, 2.75) is 12.8 Å². The Balaban J connectivity index is 1.53. The van der Waals surface area contributed by atoms with Gasteiger partial charge in [0, 0.05) is 42.5 Å². The number of rotatable bonds is 5. The first kappa shape index (κ1) is 18.3. The van der Waals surface area contributed by atoms with Crippen LogP contribution in [0.15, 0.2) is 54.7 Å². The fourth-order valence-corrected chi connectivity index (χ4v) is 3.63. The molecule has 3 aromatic rings. The first-order valence-corrected chi connectivity index (χ1v) is 9.35. The van der Waals surface area contributed by atoms with Crippen LogP contribution in [0.5, 0.6) is 0 Å². The van der Waals surface area contributed by atoms with Crippen LogP contribution in [0.1, 0.15) is 12.0 Å². The first-order valence-electron chi connectivity index (χ1n) is 8.97. The molecule has 4 rings (SSSR count). The van der Waals surface area contributed by atoms with Gasteiger partial charge in [-0.1, -0.05) is 23.7 Å². The monoisotopic (exact) mass is 395 g/mol. The zero-order chi connectivity index (χ0) is 19.7. The molecule has 142 valence electrons. The highest BCUT2D eigenvalue weighted by atomic mass is 35.5. The summed E-state index contributed by atoms with van der Waals surface area (Å²) < 4.78 is 0. The largest absolute Gasteiger partial charge is 0.481 e. The molecule has 2 amide bonds. The summed E-state index contributed by atoms with van der Waals surface area (Å²) in [6.07, 6.45) is 2.22. The van der Waals surface area contributed by atoms with Gasteiger partial charge in [0.2, 0.25) is 0 Å². The van der Waals surface area contributed by atoms with Crippen molar-refractivity contribution in [1.82, 2.24) is 4.98 Å². The molecule has 1 saturated heterocycles. The highest BCUT2D eigenvalue weighted by Gasteiger charge is 2.30. The number of nitrogens with zero attached hydrogens (tertiary/aromatic N) is 3. The fraction of sp³-hybridized carbons (Fsp3) is 0.190. The average molecular weight is 396 g/mol. The highest BCUT2D eigenvalue weighted by molar-refractivity contribution is 6.34. The second-order valence-electron chi connectivity index (χ2n) is 6.65. The zero-order valence-electron chi connectivity index (χ0n) is 15.0. The molecule has 28 heavy (non-hydrogen) atoms. The number of hydrogen-bond acceptors (Lipinski definition) is 3. The molecular formula is C21H18ClN3O3. The summed E-state index contributed by atoms with van der Waals surface area (Å²) in [5.41, 5.74) is 2.56. The molecule has 1 fully saturated rings. The van der Waals surface area contributed by atoms with Crippen molar-refractivity contribution in [2.24, 2.45) is 0 Å². The quantitative estimate of drug-likeness (QED) is 0.652.